The van der Waals surface area contributed by atoms with E-state index in [0.717, 1.165) is 0 Å². The van der Waals surface area contributed by atoms with Gasteiger partial charge in [0.2, 0.25) is 5.91 Å². The molecule has 1 rings (SSSR count). The Hall–Kier alpha value is -0.730. The number of piperidine rings is 1. The van der Waals surface area contributed by atoms with Gasteiger partial charge < -0.3 is 25.7 Å². The highest BCUT2D eigenvalue weighted by Crippen LogP contribution is 2.14. The second kappa shape index (κ2) is 4.86. The van der Waals surface area contributed by atoms with E-state index in [1.807, 2.05) is 0 Å². The van der Waals surface area contributed by atoms with Gasteiger partial charge in [0.25, 0.3) is 0 Å². The van der Waals surface area contributed by atoms with Crippen LogP contribution in [0.2, 0.25) is 0 Å². The van der Waals surface area contributed by atoms with E-state index in [1.54, 1.807) is 0 Å². The molecule has 0 aliphatic carbocycles. The fourth-order valence-corrected chi connectivity index (χ4v) is 1.62. The summed E-state index contributed by atoms with van der Waals surface area (Å²) >= 11 is 0. The quantitative estimate of drug-likeness (QED) is 0.287. The first-order chi connectivity index (χ1) is 6.97. The van der Waals surface area contributed by atoms with Crippen LogP contribution in [0, 0.1) is 0 Å². The standard InChI is InChI=1S/C8H16N2O5/c1-3(12)9-5-7(14)6(13)4(2-11)10-8(5)15/h4-8,10-11,13-15H,2H2,1H3,(H,9,12)/t4?,5?,6-,7-,8+/m1/s1. The smallest absolute Gasteiger partial charge is 0.217 e. The van der Waals surface area contributed by atoms with Crippen LogP contribution in [0.25, 0.3) is 0 Å². The Bertz CT molecular complexity index is 237. The highest BCUT2D eigenvalue weighted by Gasteiger charge is 2.42. The average Bonchev–Trinajstić information content (AvgIpc) is 2.18. The molecule has 0 aromatic carbocycles. The zero-order valence-corrected chi connectivity index (χ0v) is 8.29. The lowest BCUT2D eigenvalue weighted by atomic mass is 9.93. The number of carbonyl (C=O) groups is 1. The Morgan fingerprint density at radius 1 is 1.33 bits per heavy atom. The van der Waals surface area contributed by atoms with Crippen LogP contribution in [0.4, 0.5) is 0 Å². The lowest BCUT2D eigenvalue weighted by Gasteiger charge is -2.41. The molecule has 6 N–H and O–H groups in total. The molecule has 7 heteroatoms. The SMILES string of the molecule is CC(=O)NC1[C@H](O)NC(CO)[C@@H](O)[C@@H]1O. The van der Waals surface area contributed by atoms with Gasteiger partial charge in [0.1, 0.15) is 12.3 Å². The third-order valence-electron chi connectivity index (χ3n) is 2.42. The zero-order chi connectivity index (χ0) is 11.6. The van der Waals surface area contributed by atoms with Gasteiger partial charge in [-0.25, -0.2) is 0 Å². The van der Waals surface area contributed by atoms with Gasteiger partial charge in [0.15, 0.2) is 0 Å². The Morgan fingerprint density at radius 2 is 1.93 bits per heavy atom. The van der Waals surface area contributed by atoms with Crippen molar-refractivity contribution in [1.29, 1.82) is 0 Å². The number of rotatable bonds is 2. The fourth-order valence-electron chi connectivity index (χ4n) is 1.62. The molecule has 0 radical (unpaired) electrons. The van der Waals surface area contributed by atoms with Gasteiger partial charge in [-0.3, -0.25) is 10.1 Å². The van der Waals surface area contributed by atoms with Crippen molar-refractivity contribution in [3.8, 4) is 0 Å². The summed E-state index contributed by atoms with van der Waals surface area (Å²) < 4.78 is 0. The summed E-state index contributed by atoms with van der Waals surface area (Å²) in [5.74, 6) is -0.422. The van der Waals surface area contributed by atoms with Gasteiger partial charge in [0.05, 0.1) is 24.8 Å². The summed E-state index contributed by atoms with van der Waals surface area (Å²) in [4.78, 5) is 10.8. The second-order valence-corrected chi connectivity index (χ2v) is 3.61. The van der Waals surface area contributed by atoms with E-state index >= 15 is 0 Å². The van der Waals surface area contributed by atoms with E-state index in [-0.39, 0.29) is 0 Å². The highest BCUT2D eigenvalue weighted by atomic mass is 16.3. The van der Waals surface area contributed by atoms with Crippen molar-refractivity contribution in [3.63, 3.8) is 0 Å². The molecule has 0 spiro atoms. The van der Waals surface area contributed by atoms with Crippen molar-refractivity contribution in [2.24, 2.45) is 0 Å². The molecule has 0 aromatic rings. The molecule has 7 nitrogen and oxygen atoms in total. The zero-order valence-electron chi connectivity index (χ0n) is 8.29. The summed E-state index contributed by atoms with van der Waals surface area (Å²) in [6.07, 6.45) is -3.76. The predicted octanol–water partition coefficient (Wildman–Crippen LogP) is -3.50. The Labute approximate surface area is 86.7 Å². The monoisotopic (exact) mass is 220 g/mol. The first-order valence-corrected chi connectivity index (χ1v) is 4.65. The molecule has 1 aliphatic rings. The molecule has 1 saturated heterocycles. The van der Waals surface area contributed by atoms with E-state index in [1.165, 1.54) is 6.92 Å². The maximum atomic E-state index is 10.8. The minimum Gasteiger partial charge on any atom is -0.395 e. The van der Waals surface area contributed by atoms with Crippen LogP contribution in [0.3, 0.4) is 0 Å². The van der Waals surface area contributed by atoms with Gasteiger partial charge in [-0.15, -0.1) is 0 Å². The molecule has 1 amide bonds. The highest BCUT2D eigenvalue weighted by molar-refractivity contribution is 5.73. The first kappa shape index (κ1) is 12.3. The summed E-state index contributed by atoms with van der Waals surface area (Å²) in [6.45, 7) is 0.825. The van der Waals surface area contributed by atoms with Crippen LogP contribution in [0.5, 0.6) is 0 Å². The van der Waals surface area contributed by atoms with E-state index in [0.29, 0.717) is 0 Å². The molecule has 1 heterocycles. The third kappa shape index (κ3) is 2.64. The maximum absolute atomic E-state index is 10.8. The third-order valence-corrected chi connectivity index (χ3v) is 2.42. The van der Waals surface area contributed by atoms with E-state index < -0.39 is 43.0 Å². The molecule has 5 atom stereocenters. The number of aliphatic hydroxyl groups excluding tert-OH is 4. The van der Waals surface area contributed by atoms with Crippen molar-refractivity contribution < 1.29 is 25.2 Å². The molecule has 2 unspecified atom stereocenters. The molecule has 15 heavy (non-hydrogen) atoms. The number of hydrogen-bond acceptors (Lipinski definition) is 6. The van der Waals surface area contributed by atoms with Crippen LogP contribution in [-0.2, 0) is 4.79 Å². The number of aliphatic hydroxyl groups is 4. The average molecular weight is 220 g/mol. The molecule has 0 saturated carbocycles. The number of carbonyl (C=O) groups excluding carboxylic acids is 1. The van der Waals surface area contributed by atoms with Crippen LogP contribution < -0.4 is 10.6 Å². The van der Waals surface area contributed by atoms with Crippen LogP contribution in [0.15, 0.2) is 0 Å². The van der Waals surface area contributed by atoms with Crippen molar-refractivity contribution in [1.82, 2.24) is 10.6 Å². The molecule has 88 valence electrons. The van der Waals surface area contributed by atoms with Crippen LogP contribution in [-0.4, -0.2) is 63.5 Å². The molecule has 0 aromatic heterocycles. The van der Waals surface area contributed by atoms with Gasteiger partial charge in [-0.2, -0.15) is 0 Å². The van der Waals surface area contributed by atoms with Gasteiger partial charge in [0, 0.05) is 6.92 Å². The fraction of sp³-hybridized carbons (Fsp3) is 0.875. The first-order valence-electron chi connectivity index (χ1n) is 4.65. The van der Waals surface area contributed by atoms with Crippen molar-refractivity contribution in [3.05, 3.63) is 0 Å². The molecule has 1 aliphatic heterocycles. The number of hydrogen-bond donors (Lipinski definition) is 6. The molecular formula is C8H16N2O5. The minimum atomic E-state index is -1.32. The van der Waals surface area contributed by atoms with Gasteiger partial charge in [-0.1, -0.05) is 0 Å². The lowest BCUT2D eigenvalue weighted by Crippen LogP contribution is -2.69. The summed E-state index contributed by atoms with van der Waals surface area (Å²) in [6, 6.07) is -1.79. The van der Waals surface area contributed by atoms with E-state index in [4.69, 9.17) is 5.11 Å². The van der Waals surface area contributed by atoms with E-state index in [2.05, 4.69) is 10.6 Å². The molecular weight excluding hydrogens is 204 g/mol. The molecule has 0 bridgehead atoms. The maximum Gasteiger partial charge on any atom is 0.217 e. The summed E-state index contributed by atoms with van der Waals surface area (Å²) in [5.41, 5.74) is 0. The summed E-state index contributed by atoms with van der Waals surface area (Å²) in [7, 11) is 0. The van der Waals surface area contributed by atoms with Crippen LogP contribution >= 0.6 is 0 Å². The predicted molar refractivity (Wildman–Crippen MR) is 49.6 cm³/mol. The minimum absolute atomic E-state index is 0.415. The van der Waals surface area contributed by atoms with Crippen molar-refractivity contribution in [2.45, 2.75) is 37.4 Å². The lowest BCUT2D eigenvalue weighted by molar-refractivity contribution is -0.132. The number of nitrogens with one attached hydrogen (secondary N) is 2. The van der Waals surface area contributed by atoms with Crippen molar-refractivity contribution in [2.75, 3.05) is 6.61 Å². The van der Waals surface area contributed by atoms with Crippen LogP contribution in [0.1, 0.15) is 6.92 Å². The Kier molecular flexibility index (Phi) is 4.00. The summed E-state index contributed by atoms with van der Waals surface area (Å²) in [5, 5.41) is 42.2. The van der Waals surface area contributed by atoms with Gasteiger partial charge in [-0.05, 0) is 0 Å². The van der Waals surface area contributed by atoms with Crippen molar-refractivity contribution >= 4 is 5.91 Å². The largest absolute Gasteiger partial charge is 0.395 e. The Balaban J connectivity index is 2.70. The second-order valence-electron chi connectivity index (χ2n) is 3.61. The normalized spacial score (nSPS) is 41.3. The Morgan fingerprint density at radius 3 is 2.40 bits per heavy atom. The topological polar surface area (TPSA) is 122 Å². The number of amides is 1. The molecule has 1 fully saturated rings. The van der Waals surface area contributed by atoms with E-state index in [9.17, 15) is 20.1 Å². The van der Waals surface area contributed by atoms with Gasteiger partial charge >= 0.3 is 0 Å².